The highest BCUT2D eigenvalue weighted by Gasteiger charge is 2.33. The molecule has 1 atom stereocenters. The lowest BCUT2D eigenvalue weighted by atomic mass is 9.81. The van der Waals surface area contributed by atoms with Gasteiger partial charge in [-0.05, 0) is 69.3 Å². The maximum absolute atomic E-state index is 10.5. The van der Waals surface area contributed by atoms with Crippen LogP contribution in [0.25, 0.3) is 0 Å². The van der Waals surface area contributed by atoms with Crippen LogP contribution in [0.3, 0.4) is 0 Å². The molecule has 4 N–H and O–H groups in total. The minimum atomic E-state index is -4.55. The predicted octanol–water partition coefficient (Wildman–Crippen LogP) is 6.63. The highest BCUT2D eigenvalue weighted by molar-refractivity contribution is 7.81. The van der Waals surface area contributed by atoms with E-state index in [0.717, 1.165) is 0 Å². The molecule has 1 aromatic rings. The first-order valence-corrected chi connectivity index (χ1v) is 15.8. The maximum atomic E-state index is 10.5. The minimum Gasteiger partial charge on any atom is -0.480 e. The fraction of sp³-hybridized carbons (Fsp3) is 0.759. The van der Waals surface area contributed by atoms with Gasteiger partial charge in [-0.15, -0.1) is 0 Å². The molecule has 0 spiro atoms. The Bertz CT molecular complexity index is 829. The van der Waals surface area contributed by atoms with Crippen molar-refractivity contribution in [1.82, 2.24) is 4.90 Å². The zero-order chi connectivity index (χ0) is 29.0. The van der Waals surface area contributed by atoms with Gasteiger partial charge in [0.05, 0.1) is 0 Å². The lowest BCUT2D eigenvalue weighted by Gasteiger charge is -2.45. The van der Waals surface area contributed by atoms with E-state index in [0.29, 0.717) is 11.1 Å². The van der Waals surface area contributed by atoms with E-state index in [2.05, 4.69) is 43.7 Å². The normalized spacial score (nSPS) is 12.6. The largest absolute Gasteiger partial charge is 0.480 e. The van der Waals surface area contributed by atoms with Crippen molar-refractivity contribution in [3.8, 4) is 5.75 Å². The fourth-order valence-corrected chi connectivity index (χ4v) is 5.11. The standard InChI is InChI=1S/C20H43N.C9H11NO6S/c1-6-11-16-20(15-10-5,17-12-7-2)21(18-13-8-3)19-14-9-4;10-8(9(11)12)5-6-1-3-7(4-2-6)16-17(13,14)15/h6-19H2,1-5H3;1-4,8H,5,10H2,(H,11,12)(H,13,14,15). The summed E-state index contributed by atoms with van der Waals surface area (Å²) in [5, 5.41) is 8.59. The van der Waals surface area contributed by atoms with Crippen LogP contribution in [0.1, 0.15) is 117 Å². The summed E-state index contributed by atoms with van der Waals surface area (Å²) < 4.78 is 33.4. The number of carboxylic acid groups (broad SMARTS) is 1. The Kier molecular flexibility index (Phi) is 19.4. The van der Waals surface area contributed by atoms with Gasteiger partial charge in [0, 0.05) is 5.54 Å². The third-order valence-corrected chi connectivity index (χ3v) is 7.24. The molecule has 9 heteroatoms. The molecule has 222 valence electrons. The molecule has 0 aliphatic heterocycles. The highest BCUT2D eigenvalue weighted by atomic mass is 32.3. The predicted molar refractivity (Wildman–Crippen MR) is 156 cm³/mol. The first kappa shape index (κ1) is 36.3. The molecule has 0 amide bonds. The number of benzene rings is 1. The number of nitrogens with two attached hydrogens (primary N) is 1. The summed E-state index contributed by atoms with van der Waals surface area (Å²) in [6, 6.07) is 4.48. The number of nitrogens with zero attached hydrogens (tertiary/aromatic N) is 1. The summed E-state index contributed by atoms with van der Waals surface area (Å²) in [5.41, 5.74) is 6.44. The van der Waals surface area contributed by atoms with Gasteiger partial charge in [0.1, 0.15) is 11.8 Å². The summed E-state index contributed by atoms with van der Waals surface area (Å²) in [6.45, 7) is 14.4. The van der Waals surface area contributed by atoms with E-state index in [-0.39, 0.29) is 12.2 Å². The van der Waals surface area contributed by atoms with E-state index >= 15 is 0 Å². The molecule has 0 aliphatic carbocycles. The first-order valence-electron chi connectivity index (χ1n) is 14.5. The van der Waals surface area contributed by atoms with Crippen molar-refractivity contribution in [3.63, 3.8) is 0 Å². The topological polar surface area (TPSA) is 130 Å². The molecule has 1 unspecified atom stereocenters. The number of hydrogen-bond acceptors (Lipinski definition) is 6. The molecular formula is C29H54N2O6S. The number of rotatable bonds is 20. The van der Waals surface area contributed by atoms with Crippen molar-refractivity contribution in [2.24, 2.45) is 5.73 Å². The Labute approximate surface area is 232 Å². The van der Waals surface area contributed by atoms with Crippen molar-refractivity contribution in [1.29, 1.82) is 0 Å². The van der Waals surface area contributed by atoms with Gasteiger partial charge >= 0.3 is 16.4 Å². The van der Waals surface area contributed by atoms with Crippen LogP contribution in [0, 0.1) is 0 Å². The SMILES string of the molecule is CCCCN(CCCC)C(CCC)(CCCC)CCCC.NC(Cc1ccc(OS(=O)(=O)O)cc1)C(=O)O. The zero-order valence-electron chi connectivity index (χ0n) is 24.5. The van der Waals surface area contributed by atoms with Crippen LogP contribution in [-0.2, 0) is 21.6 Å². The molecule has 0 fully saturated rings. The van der Waals surface area contributed by atoms with Crippen LogP contribution < -0.4 is 9.92 Å². The molecule has 0 aromatic heterocycles. The van der Waals surface area contributed by atoms with E-state index in [1.807, 2.05) is 0 Å². The average molecular weight is 559 g/mol. The van der Waals surface area contributed by atoms with Crippen LogP contribution in [-0.4, -0.2) is 53.6 Å². The van der Waals surface area contributed by atoms with E-state index < -0.39 is 22.4 Å². The second-order valence-electron chi connectivity index (χ2n) is 10.2. The minimum absolute atomic E-state index is 0.0693. The fourth-order valence-electron chi connectivity index (χ4n) is 4.75. The van der Waals surface area contributed by atoms with Gasteiger partial charge in [-0.1, -0.05) is 91.7 Å². The molecule has 0 radical (unpaired) electrons. The summed E-state index contributed by atoms with van der Waals surface area (Å²) in [7, 11) is -4.55. The first-order chi connectivity index (χ1) is 18.0. The van der Waals surface area contributed by atoms with Gasteiger partial charge in [-0.2, -0.15) is 8.42 Å². The van der Waals surface area contributed by atoms with Crippen LogP contribution in [0.15, 0.2) is 24.3 Å². The van der Waals surface area contributed by atoms with Gasteiger partial charge in [0.2, 0.25) is 0 Å². The van der Waals surface area contributed by atoms with Gasteiger partial charge in [0.25, 0.3) is 0 Å². The number of unbranched alkanes of at least 4 members (excludes halogenated alkanes) is 4. The van der Waals surface area contributed by atoms with Crippen molar-refractivity contribution in [2.75, 3.05) is 13.1 Å². The number of carboxylic acids is 1. The Morgan fingerprint density at radius 3 is 1.71 bits per heavy atom. The van der Waals surface area contributed by atoms with Gasteiger partial charge in [-0.3, -0.25) is 14.2 Å². The lowest BCUT2D eigenvalue weighted by molar-refractivity contribution is -0.138. The monoisotopic (exact) mass is 558 g/mol. The number of carbonyl (C=O) groups is 1. The summed E-state index contributed by atoms with van der Waals surface area (Å²) in [5.74, 6) is -1.19. The van der Waals surface area contributed by atoms with E-state index in [9.17, 15) is 13.2 Å². The van der Waals surface area contributed by atoms with Crippen LogP contribution in [0.2, 0.25) is 0 Å². The number of aliphatic carboxylic acids is 1. The van der Waals surface area contributed by atoms with E-state index in [4.69, 9.17) is 15.4 Å². The van der Waals surface area contributed by atoms with Crippen LogP contribution >= 0.6 is 0 Å². The highest BCUT2D eigenvalue weighted by Crippen LogP contribution is 2.34. The van der Waals surface area contributed by atoms with Gasteiger partial charge in [0.15, 0.2) is 0 Å². The summed E-state index contributed by atoms with van der Waals surface area (Å²) in [6.07, 6.45) is 16.6. The number of hydrogen-bond donors (Lipinski definition) is 3. The molecule has 0 heterocycles. The Morgan fingerprint density at radius 2 is 1.34 bits per heavy atom. The molecule has 8 nitrogen and oxygen atoms in total. The smallest absolute Gasteiger partial charge is 0.446 e. The van der Waals surface area contributed by atoms with Crippen molar-refractivity contribution in [2.45, 2.75) is 130 Å². The Morgan fingerprint density at radius 1 is 0.868 bits per heavy atom. The van der Waals surface area contributed by atoms with Gasteiger partial charge < -0.3 is 15.0 Å². The van der Waals surface area contributed by atoms with E-state index in [1.165, 1.54) is 114 Å². The Balaban J connectivity index is 0.000000735. The molecular weight excluding hydrogens is 504 g/mol. The van der Waals surface area contributed by atoms with Crippen LogP contribution in [0.5, 0.6) is 5.75 Å². The molecule has 38 heavy (non-hydrogen) atoms. The third kappa shape index (κ3) is 15.7. The molecule has 0 bridgehead atoms. The molecule has 0 aliphatic rings. The summed E-state index contributed by atoms with van der Waals surface area (Å²) >= 11 is 0. The van der Waals surface area contributed by atoms with Crippen molar-refractivity contribution in [3.05, 3.63) is 29.8 Å². The Hall–Kier alpha value is -1.68. The lowest BCUT2D eigenvalue weighted by Crippen LogP contribution is -2.49. The van der Waals surface area contributed by atoms with Gasteiger partial charge in [-0.25, -0.2) is 0 Å². The van der Waals surface area contributed by atoms with Crippen molar-refractivity contribution < 1.29 is 27.1 Å². The molecule has 0 saturated carbocycles. The maximum Gasteiger partial charge on any atom is 0.446 e. The second-order valence-corrected chi connectivity index (χ2v) is 11.2. The molecule has 1 aromatic carbocycles. The third-order valence-electron chi connectivity index (χ3n) is 6.84. The summed E-state index contributed by atoms with van der Waals surface area (Å²) in [4.78, 5) is 13.4. The average Bonchev–Trinajstić information content (AvgIpc) is 2.86. The zero-order valence-corrected chi connectivity index (χ0v) is 25.3. The quantitative estimate of drug-likeness (QED) is 0.152. The van der Waals surface area contributed by atoms with Crippen molar-refractivity contribution >= 4 is 16.4 Å². The molecule has 1 rings (SSSR count). The molecule has 0 saturated heterocycles. The second kappa shape index (κ2) is 20.3. The van der Waals surface area contributed by atoms with E-state index in [1.54, 1.807) is 0 Å². The van der Waals surface area contributed by atoms with Crippen LogP contribution in [0.4, 0.5) is 0 Å².